The Bertz CT molecular complexity index is 2810. The van der Waals surface area contributed by atoms with E-state index in [9.17, 15) is 5.26 Å². The number of fused-ring (bicyclic) bond motifs is 5. The Labute approximate surface area is 310 Å². The summed E-state index contributed by atoms with van der Waals surface area (Å²) in [6, 6.07) is 49.1. The second-order valence-corrected chi connectivity index (χ2v) is 13.7. The number of nitrogens with zero attached hydrogens (tertiary/aromatic N) is 5. The fourth-order valence-corrected chi connectivity index (χ4v) is 6.86. The number of furan rings is 1. The van der Waals surface area contributed by atoms with Gasteiger partial charge in [-0.3, -0.25) is 4.57 Å². The Hall–Kier alpha value is -5.76. The molecular formula is C44H31N5OPt-2. The molecule has 0 saturated carbocycles. The largest absolute Gasteiger partial charge is 0.445 e. The van der Waals surface area contributed by atoms with Gasteiger partial charge in [0.2, 0.25) is 5.76 Å². The molecule has 7 heteroatoms. The molecule has 6 nitrogen and oxygen atoms in total. The summed E-state index contributed by atoms with van der Waals surface area (Å²) >= 11 is 0. The first-order valence-corrected chi connectivity index (χ1v) is 16.7. The number of aromatic nitrogens is 4. The summed E-state index contributed by atoms with van der Waals surface area (Å²) in [4.78, 5) is 4.78. The van der Waals surface area contributed by atoms with E-state index in [1.54, 1.807) is 12.3 Å². The first-order valence-electron chi connectivity index (χ1n) is 16.7. The van der Waals surface area contributed by atoms with Gasteiger partial charge >= 0.3 is 0 Å². The van der Waals surface area contributed by atoms with E-state index in [2.05, 4.69) is 156 Å². The van der Waals surface area contributed by atoms with Crippen molar-refractivity contribution in [2.24, 2.45) is 0 Å². The zero-order valence-electron chi connectivity index (χ0n) is 28.2. The summed E-state index contributed by atoms with van der Waals surface area (Å²) in [7, 11) is 0. The average molecular weight is 841 g/mol. The van der Waals surface area contributed by atoms with Gasteiger partial charge in [0, 0.05) is 50.3 Å². The van der Waals surface area contributed by atoms with Crippen molar-refractivity contribution in [2.45, 2.75) is 32.6 Å². The number of benzene rings is 5. The molecule has 250 valence electrons. The molecule has 9 rings (SSSR count). The fourth-order valence-electron chi connectivity index (χ4n) is 6.86. The number of rotatable bonds is 5. The molecule has 0 aliphatic carbocycles. The van der Waals surface area contributed by atoms with Crippen molar-refractivity contribution in [1.82, 2.24) is 14.1 Å². The minimum Gasteiger partial charge on any atom is -0.445 e. The summed E-state index contributed by atoms with van der Waals surface area (Å²) in [5, 5.41) is 12.4. The SMILES string of the molecule is CC(C)(C)c1cccc(-[n+]2[c-]n(-c3[c-]c(Cc4[c-]c5c(cc4)c4ccccc4n5-c4cc5oc(C#N)cc5cn4)ccc3)c3ccccc32)c1.[Pt]. The van der Waals surface area contributed by atoms with Crippen molar-refractivity contribution in [3.05, 3.63) is 162 Å². The van der Waals surface area contributed by atoms with Crippen LogP contribution in [-0.4, -0.2) is 14.1 Å². The van der Waals surface area contributed by atoms with E-state index in [0.29, 0.717) is 17.8 Å². The van der Waals surface area contributed by atoms with Gasteiger partial charge in [-0.15, -0.1) is 5.39 Å². The monoisotopic (exact) mass is 840 g/mol. The van der Waals surface area contributed by atoms with Gasteiger partial charge in [0.05, 0.1) is 16.7 Å². The van der Waals surface area contributed by atoms with Crippen molar-refractivity contribution >= 4 is 43.8 Å². The quantitative estimate of drug-likeness (QED) is 0.128. The maximum absolute atomic E-state index is 9.36. The summed E-state index contributed by atoms with van der Waals surface area (Å²) in [5.74, 6) is 0.976. The van der Waals surface area contributed by atoms with Crippen LogP contribution in [-0.2, 0) is 32.9 Å². The third-order valence-electron chi connectivity index (χ3n) is 9.37. The van der Waals surface area contributed by atoms with E-state index in [0.717, 1.165) is 60.7 Å². The van der Waals surface area contributed by atoms with Gasteiger partial charge in [0.1, 0.15) is 17.5 Å². The molecule has 0 aliphatic rings. The summed E-state index contributed by atoms with van der Waals surface area (Å²) in [6.45, 7) is 6.71. The second-order valence-electron chi connectivity index (χ2n) is 13.7. The normalized spacial score (nSPS) is 11.7. The molecule has 4 heterocycles. The van der Waals surface area contributed by atoms with Gasteiger partial charge < -0.3 is 13.6 Å². The number of nitriles is 1. The number of hydrogen-bond donors (Lipinski definition) is 0. The van der Waals surface area contributed by atoms with Crippen LogP contribution in [0.1, 0.15) is 43.2 Å². The van der Waals surface area contributed by atoms with E-state index < -0.39 is 0 Å². The molecule has 0 aliphatic heterocycles. The van der Waals surface area contributed by atoms with Crippen LogP contribution in [0.2, 0.25) is 0 Å². The molecule has 0 radical (unpaired) electrons. The second kappa shape index (κ2) is 12.5. The fraction of sp³-hybridized carbons (Fsp3) is 0.114. The molecule has 0 fully saturated rings. The van der Waals surface area contributed by atoms with E-state index in [4.69, 9.17) is 9.40 Å². The molecule has 0 saturated heterocycles. The molecule has 0 unspecified atom stereocenters. The third kappa shape index (κ3) is 5.65. The summed E-state index contributed by atoms with van der Waals surface area (Å²) in [5.41, 5.74) is 10.1. The van der Waals surface area contributed by atoms with E-state index in [1.165, 1.54) is 5.56 Å². The van der Waals surface area contributed by atoms with E-state index in [-0.39, 0.29) is 32.2 Å². The average Bonchev–Trinajstić information content (AvgIpc) is 3.83. The Balaban J connectivity index is 0.00000374. The zero-order valence-corrected chi connectivity index (χ0v) is 30.5. The van der Waals surface area contributed by atoms with Gasteiger partial charge in [-0.1, -0.05) is 80.9 Å². The number of pyridine rings is 1. The van der Waals surface area contributed by atoms with E-state index >= 15 is 0 Å². The number of para-hydroxylation sites is 3. The molecule has 51 heavy (non-hydrogen) atoms. The van der Waals surface area contributed by atoms with Crippen LogP contribution in [0.25, 0.3) is 61.0 Å². The predicted octanol–water partition coefficient (Wildman–Crippen LogP) is 9.30. The van der Waals surface area contributed by atoms with Gasteiger partial charge in [0.15, 0.2) is 0 Å². The summed E-state index contributed by atoms with van der Waals surface area (Å²) in [6.07, 6.45) is 6.04. The van der Waals surface area contributed by atoms with Crippen molar-refractivity contribution in [3.8, 4) is 23.3 Å². The van der Waals surface area contributed by atoms with E-state index in [1.807, 2.05) is 12.1 Å². The molecule has 0 amide bonds. The minimum atomic E-state index is 0. The smallest absolute Gasteiger partial charge is 0.268 e. The van der Waals surface area contributed by atoms with Crippen molar-refractivity contribution < 1.29 is 30.0 Å². The topological polar surface area (TPSA) is 63.6 Å². The summed E-state index contributed by atoms with van der Waals surface area (Å²) < 4.78 is 12.1. The molecule has 5 aromatic carbocycles. The first-order chi connectivity index (χ1) is 24.3. The maximum atomic E-state index is 9.36. The van der Waals surface area contributed by atoms with Gasteiger partial charge in [-0.25, -0.2) is 4.98 Å². The molecule has 0 N–H and O–H groups in total. The maximum Gasteiger partial charge on any atom is 0.268 e. The molecule has 0 atom stereocenters. The molecular weight excluding hydrogens is 810 g/mol. The van der Waals surface area contributed by atoms with Crippen molar-refractivity contribution in [1.29, 1.82) is 5.26 Å². The van der Waals surface area contributed by atoms with Gasteiger partial charge in [0.25, 0.3) is 6.33 Å². The zero-order chi connectivity index (χ0) is 34.0. The van der Waals surface area contributed by atoms with Gasteiger partial charge in [-0.05, 0) is 46.7 Å². The van der Waals surface area contributed by atoms with Crippen molar-refractivity contribution in [3.63, 3.8) is 0 Å². The molecule has 0 spiro atoms. The Morgan fingerprint density at radius 1 is 0.804 bits per heavy atom. The van der Waals surface area contributed by atoms with Crippen LogP contribution in [0.4, 0.5) is 0 Å². The predicted molar refractivity (Wildman–Crippen MR) is 196 cm³/mol. The van der Waals surface area contributed by atoms with Gasteiger partial charge in [-0.2, -0.15) is 58.9 Å². The standard InChI is InChI=1S/C44H31N5O.Pt/c1-44(2,3)32-11-9-13-34(24-32)48-28-47(39-16-6-7-17-40(39)48)33-12-8-10-29(21-33)20-30-18-19-37-36-14-4-5-15-38(36)49(41(37)22-30)43-25-42-31(27-46-43)23-35(26-45)50-42;/h4-19,23-25,27H,20H2,1-3H3;/q-2;. The van der Waals surface area contributed by atoms with Crippen LogP contribution in [0.15, 0.2) is 126 Å². The third-order valence-corrected chi connectivity index (χ3v) is 9.37. The number of imidazole rings is 1. The van der Waals surface area contributed by atoms with Crippen molar-refractivity contribution in [2.75, 3.05) is 0 Å². The Kier molecular flexibility index (Phi) is 7.97. The Morgan fingerprint density at radius 3 is 2.43 bits per heavy atom. The van der Waals surface area contributed by atoms with Crippen LogP contribution >= 0.6 is 0 Å². The minimum absolute atomic E-state index is 0. The first kappa shape index (κ1) is 32.4. The van der Waals surface area contributed by atoms with Crippen LogP contribution in [0.3, 0.4) is 0 Å². The van der Waals surface area contributed by atoms with Crippen LogP contribution in [0.5, 0.6) is 0 Å². The molecule has 9 aromatic rings. The number of hydrogen-bond acceptors (Lipinski definition) is 3. The van der Waals surface area contributed by atoms with Crippen LogP contribution < -0.4 is 4.57 Å². The Morgan fingerprint density at radius 2 is 1.59 bits per heavy atom. The molecule has 0 bridgehead atoms. The molecule has 4 aromatic heterocycles. The van der Waals surface area contributed by atoms with Crippen LogP contribution in [0, 0.1) is 29.8 Å².